The van der Waals surface area contributed by atoms with Crippen molar-refractivity contribution in [2.45, 2.75) is 39.2 Å². The summed E-state index contributed by atoms with van der Waals surface area (Å²) in [6.07, 6.45) is 0. The van der Waals surface area contributed by atoms with Crippen molar-refractivity contribution >= 4 is 28.3 Å². The van der Waals surface area contributed by atoms with E-state index in [-0.39, 0.29) is 11.9 Å². The number of carbonyl (C=O) groups excluding carboxylic acids is 1. The average molecular weight is 429 g/mol. The van der Waals surface area contributed by atoms with Crippen LogP contribution in [0, 0.1) is 0 Å². The summed E-state index contributed by atoms with van der Waals surface area (Å²) in [5.74, 6) is 0.745. The lowest BCUT2D eigenvalue weighted by Gasteiger charge is -2.19. The smallest absolute Gasteiger partial charge is 0.324 e. The average Bonchev–Trinajstić information content (AvgIpc) is 3.17. The highest BCUT2D eigenvalue weighted by atomic mass is 16.3. The number of benzene rings is 3. The van der Waals surface area contributed by atoms with Crippen LogP contribution in [0.2, 0.25) is 0 Å². The number of fused-ring (bicyclic) bond motifs is 1. The van der Waals surface area contributed by atoms with Gasteiger partial charge in [0.2, 0.25) is 0 Å². The molecule has 0 saturated heterocycles. The van der Waals surface area contributed by atoms with E-state index in [1.54, 1.807) is 18.5 Å². The molecule has 164 valence electrons. The molecule has 2 amide bonds. The minimum atomic E-state index is -0.983. The van der Waals surface area contributed by atoms with E-state index in [9.17, 15) is 9.90 Å². The Hall–Kier alpha value is -3.64. The normalized spacial score (nSPS) is 11.7. The first-order chi connectivity index (χ1) is 15.2. The first-order valence-corrected chi connectivity index (χ1v) is 10.7. The van der Waals surface area contributed by atoms with Crippen molar-refractivity contribution in [3.8, 4) is 5.69 Å². The van der Waals surface area contributed by atoms with Crippen LogP contribution in [0.15, 0.2) is 72.8 Å². The van der Waals surface area contributed by atoms with Gasteiger partial charge in [-0.25, -0.2) is 9.48 Å². The molecule has 0 atom stereocenters. The largest absolute Gasteiger partial charge is 0.386 e. The van der Waals surface area contributed by atoms with E-state index in [0.29, 0.717) is 5.82 Å². The minimum Gasteiger partial charge on any atom is -0.386 e. The van der Waals surface area contributed by atoms with E-state index in [1.165, 1.54) is 0 Å². The number of nitrogens with zero attached hydrogens (tertiary/aromatic N) is 2. The summed E-state index contributed by atoms with van der Waals surface area (Å²) in [6.45, 7) is 7.59. The molecule has 1 heterocycles. The summed E-state index contributed by atoms with van der Waals surface area (Å²) in [4.78, 5) is 12.9. The Bertz CT molecular complexity index is 1260. The quantitative estimate of drug-likeness (QED) is 0.364. The van der Waals surface area contributed by atoms with E-state index >= 15 is 0 Å². The Balaban J connectivity index is 1.66. The number of amides is 2. The maximum absolute atomic E-state index is 12.9. The lowest BCUT2D eigenvalue weighted by Crippen LogP contribution is -2.21. The van der Waals surface area contributed by atoms with E-state index in [4.69, 9.17) is 5.10 Å². The number of carbonyl (C=O) groups is 1. The standard InChI is InChI=1S/C26H28N4O2/c1-17(2)23-16-24(30(29-23)20-12-8-11-19(15-20)26(3,4)32)28-25(31)27-22-14-7-10-18-9-5-6-13-21(18)22/h5-17,32H,1-4H3,(H2,27,28,31). The van der Waals surface area contributed by atoms with Crippen molar-refractivity contribution in [2.24, 2.45) is 0 Å². The molecule has 4 aromatic rings. The van der Waals surface area contributed by atoms with E-state index in [0.717, 1.165) is 33.4 Å². The van der Waals surface area contributed by atoms with Crippen molar-refractivity contribution < 1.29 is 9.90 Å². The third kappa shape index (κ3) is 4.50. The molecule has 32 heavy (non-hydrogen) atoms. The molecule has 0 fully saturated rings. The molecule has 0 bridgehead atoms. The van der Waals surface area contributed by atoms with Crippen LogP contribution in [-0.2, 0) is 5.60 Å². The number of urea groups is 1. The van der Waals surface area contributed by atoms with Crippen LogP contribution in [0.4, 0.5) is 16.3 Å². The zero-order valence-corrected chi connectivity index (χ0v) is 18.8. The molecule has 3 N–H and O–H groups in total. The summed E-state index contributed by atoms with van der Waals surface area (Å²) in [7, 11) is 0. The zero-order valence-electron chi connectivity index (χ0n) is 18.8. The highest BCUT2D eigenvalue weighted by molar-refractivity contribution is 6.06. The SMILES string of the molecule is CC(C)c1cc(NC(=O)Nc2cccc3ccccc23)n(-c2cccc(C(C)(C)O)c2)n1. The lowest BCUT2D eigenvalue weighted by molar-refractivity contribution is 0.0786. The van der Waals surface area contributed by atoms with Gasteiger partial charge in [-0.05, 0) is 48.9 Å². The predicted molar refractivity (Wildman–Crippen MR) is 129 cm³/mol. The second kappa shape index (κ2) is 8.48. The molecule has 6 nitrogen and oxygen atoms in total. The van der Waals surface area contributed by atoms with Gasteiger partial charge in [0.1, 0.15) is 5.82 Å². The number of hydrogen-bond acceptors (Lipinski definition) is 3. The molecule has 0 aliphatic rings. The highest BCUT2D eigenvalue weighted by Crippen LogP contribution is 2.27. The topological polar surface area (TPSA) is 79.2 Å². The van der Waals surface area contributed by atoms with Gasteiger partial charge < -0.3 is 10.4 Å². The van der Waals surface area contributed by atoms with Gasteiger partial charge in [-0.1, -0.05) is 62.4 Å². The molecule has 0 radical (unpaired) electrons. The van der Waals surface area contributed by atoms with E-state index in [2.05, 4.69) is 24.5 Å². The molecular weight excluding hydrogens is 400 g/mol. The number of rotatable bonds is 5. The lowest BCUT2D eigenvalue weighted by atomic mass is 9.98. The predicted octanol–water partition coefficient (Wildman–Crippen LogP) is 6.02. The van der Waals surface area contributed by atoms with Crippen LogP contribution in [0.5, 0.6) is 0 Å². The van der Waals surface area contributed by atoms with Crippen LogP contribution in [0.1, 0.15) is 44.9 Å². The maximum atomic E-state index is 12.9. The number of nitrogens with one attached hydrogen (secondary N) is 2. The van der Waals surface area contributed by atoms with Crippen molar-refractivity contribution in [2.75, 3.05) is 10.6 Å². The van der Waals surface area contributed by atoms with Crippen molar-refractivity contribution in [3.05, 3.63) is 84.1 Å². The number of aromatic nitrogens is 2. The Morgan fingerprint density at radius 1 is 0.969 bits per heavy atom. The fourth-order valence-corrected chi connectivity index (χ4v) is 3.59. The summed E-state index contributed by atoms with van der Waals surface area (Å²) >= 11 is 0. The highest BCUT2D eigenvalue weighted by Gasteiger charge is 2.19. The van der Waals surface area contributed by atoms with Gasteiger partial charge >= 0.3 is 6.03 Å². The second-order valence-electron chi connectivity index (χ2n) is 8.74. The second-order valence-corrected chi connectivity index (χ2v) is 8.74. The first-order valence-electron chi connectivity index (χ1n) is 10.7. The molecule has 0 aliphatic heterocycles. The molecule has 3 aromatic carbocycles. The third-order valence-corrected chi connectivity index (χ3v) is 5.40. The van der Waals surface area contributed by atoms with Crippen molar-refractivity contribution in [1.82, 2.24) is 9.78 Å². The van der Waals surface area contributed by atoms with Gasteiger partial charge in [0.25, 0.3) is 0 Å². The summed E-state index contributed by atoms with van der Waals surface area (Å²) < 4.78 is 1.70. The van der Waals surface area contributed by atoms with Gasteiger partial charge in [0.15, 0.2) is 0 Å². The Kier molecular flexibility index (Phi) is 5.72. The van der Waals surface area contributed by atoms with Crippen LogP contribution < -0.4 is 10.6 Å². The van der Waals surface area contributed by atoms with Crippen molar-refractivity contribution in [3.63, 3.8) is 0 Å². The summed E-state index contributed by atoms with van der Waals surface area (Å²) in [6, 6.07) is 22.8. The van der Waals surface area contributed by atoms with Crippen LogP contribution >= 0.6 is 0 Å². The molecule has 1 aromatic heterocycles. The number of anilines is 2. The van der Waals surface area contributed by atoms with Gasteiger partial charge in [-0.3, -0.25) is 5.32 Å². The fraction of sp³-hybridized carbons (Fsp3) is 0.231. The number of hydrogen-bond donors (Lipinski definition) is 3. The zero-order chi connectivity index (χ0) is 22.9. The van der Waals surface area contributed by atoms with Gasteiger partial charge in [0.05, 0.1) is 22.7 Å². The monoisotopic (exact) mass is 428 g/mol. The molecule has 0 saturated carbocycles. The fourth-order valence-electron chi connectivity index (χ4n) is 3.59. The van der Waals surface area contributed by atoms with Gasteiger partial charge in [0, 0.05) is 11.5 Å². The van der Waals surface area contributed by atoms with Crippen molar-refractivity contribution in [1.29, 1.82) is 0 Å². The maximum Gasteiger partial charge on any atom is 0.324 e. The Morgan fingerprint density at radius 2 is 1.69 bits per heavy atom. The van der Waals surface area contributed by atoms with E-state index in [1.807, 2.05) is 72.8 Å². The van der Waals surface area contributed by atoms with Crippen LogP contribution in [0.25, 0.3) is 16.5 Å². The number of aliphatic hydroxyl groups is 1. The van der Waals surface area contributed by atoms with Crippen LogP contribution in [0.3, 0.4) is 0 Å². The minimum absolute atomic E-state index is 0.190. The molecule has 0 unspecified atom stereocenters. The molecule has 6 heteroatoms. The molecule has 4 rings (SSSR count). The first kappa shape index (κ1) is 21.6. The Labute approximate surface area is 187 Å². The third-order valence-electron chi connectivity index (χ3n) is 5.40. The molecule has 0 spiro atoms. The summed E-state index contributed by atoms with van der Waals surface area (Å²) in [5, 5.41) is 23.0. The van der Waals surface area contributed by atoms with Gasteiger partial charge in [-0.15, -0.1) is 0 Å². The van der Waals surface area contributed by atoms with Gasteiger partial charge in [-0.2, -0.15) is 5.10 Å². The van der Waals surface area contributed by atoms with Crippen LogP contribution in [-0.4, -0.2) is 20.9 Å². The Morgan fingerprint density at radius 3 is 2.44 bits per heavy atom. The summed E-state index contributed by atoms with van der Waals surface area (Å²) in [5.41, 5.74) is 2.14. The molecular formula is C26H28N4O2. The molecule has 0 aliphatic carbocycles. The van der Waals surface area contributed by atoms with E-state index < -0.39 is 5.60 Å².